The molecule has 0 aliphatic carbocycles. The molecule has 0 spiro atoms. The Morgan fingerprint density at radius 2 is 2.19 bits per heavy atom. The maximum atomic E-state index is 11.5. The molecule has 0 saturated carbocycles. The van der Waals surface area contributed by atoms with E-state index in [2.05, 4.69) is 10.3 Å². The van der Waals surface area contributed by atoms with Gasteiger partial charge < -0.3 is 20.1 Å². The standard InChI is InChI=1S/C10H17N3O3/c1-10(6-14,7-15)12-9(16)2-4-13-5-3-11-8-13/h3,5,8,14-15H,2,4,6-7H2,1H3,(H,12,16). The van der Waals surface area contributed by atoms with Crippen LogP contribution in [0.15, 0.2) is 18.7 Å². The van der Waals surface area contributed by atoms with Crippen molar-refractivity contribution in [1.82, 2.24) is 14.9 Å². The highest BCUT2D eigenvalue weighted by Crippen LogP contribution is 2.01. The number of aliphatic hydroxyl groups is 2. The number of carbonyl (C=O) groups excluding carboxylic acids is 1. The molecule has 0 aliphatic rings. The lowest BCUT2D eigenvalue weighted by Gasteiger charge is -2.26. The number of aryl methyl sites for hydroxylation is 1. The fourth-order valence-corrected chi connectivity index (χ4v) is 1.18. The Hall–Kier alpha value is -1.40. The summed E-state index contributed by atoms with van der Waals surface area (Å²) in [5.41, 5.74) is -0.952. The summed E-state index contributed by atoms with van der Waals surface area (Å²) in [5.74, 6) is -0.209. The Balaban J connectivity index is 2.36. The molecule has 0 aromatic carbocycles. The zero-order valence-electron chi connectivity index (χ0n) is 9.26. The van der Waals surface area contributed by atoms with E-state index < -0.39 is 5.54 Å². The lowest BCUT2D eigenvalue weighted by Crippen LogP contribution is -2.51. The maximum Gasteiger partial charge on any atom is 0.222 e. The molecule has 1 aromatic rings. The highest BCUT2D eigenvalue weighted by Gasteiger charge is 2.24. The van der Waals surface area contributed by atoms with Crippen LogP contribution in [0, 0.1) is 0 Å². The fourth-order valence-electron chi connectivity index (χ4n) is 1.18. The molecule has 1 rings (SSSR count). The number of carbonyl (C=O) groups is 1. The molecule has 3 N–H and O–H groups in total. The molecule has 0 radical (unpaired) electrons. The second-order valence-corrected chi connectivity index (χ2v) is 3.98. The van der Waals surface area contributed by atoms with E-state index in [4.69, 9.17) is 10.2 Å². The molecular weight excluding hydrogens is 210 g/mol. The molecule has 0 saturated heterocycles. The lowest BCUT2D eigenvalue weighted by atomic mass is 10.1. The van der Waals surface area contributed by atoms with E-state index in [0.717, 1.165) is 0 Å². The van der Waals surface area contributed by atoms with Crippen LogP contribution >= 0.6 is 0 Å². The third-order valence-corrected chi connectivity index (χ3v) is 2.30. The zero-order chi connectivity index (χ0) is 12.0. The molecule has 0 fully saturated rings. The maximum absolute atomic E-state index is 11.5. The monoisotopic (exact) mass is 227 g/mol. The van der Waals surface area contributed by atoms with E-state index in [1.807, 2.05) is 0 Å². The van der Waals surface area contributed by atoms with Crippen molar-refractivity contribution in [2.75, 3.05) is 13.2 Å². The summed E-state index contributed by atoms with van der Waals surface area (Å²) in [4.78, 5) is 15.4. The van der Waals surface area contributed by atoms with Gasteiger partial charge >= 0.3 is 0 Å². The largest absolute Gasteiger partial charge is 0.394 e. The summed E-state index contributed by atoms with van der Waals surface area (Å²) in [6, 6.07) is 0. The first-order valence-corrected chi connectivity index (χ1v) is 5.08. The van der Waals surface area contributed by atoms with E-state index in [1.54, 1.807) is 30.2 Å². The third kappa shape index (κ3) is 3.63. The SMILES string of the molecule is CC(CO)(CO)NC(=O)CCn1ccnc1. The average molecular weight is 227 g/mol. The molecule has 90 valence electrons. The predicted octanol–water partition coefficient (Wildman–Crippen LogP) is -0.867. The first-order chi connectivity index (χ1) is 7.59. The van der Waals surface area contributed by atoms with Gasteiger partial charge in [-0.2, -0.15) is 0 Å². The summed E-state index contributed by atoms with van der Waals surface area (Å²) in [6.07, 6.45) is 5.32. The van der Waals surface area contributed by atoms with Gasteiger partial charge in [-0.05, 0) is 6.92 Å². The van der Waals surface area contributed by atoms with E-state index >= 15 is 0 Å². The van der Waals surface area contributed by atoms with Crippen LogP contribution in [0.1, 0.15) is 13.3 Å². The number of imidazole rings is 1. The van der Waals surface area contributed by atoms with E-state index in [0.29, 0.717) is 6.54 Å². The van der Waals surface area contributed by atoms with Gasteiger partial charge in [-0.3, -0.25) is 4.79 Å². The van der Waals surface area contributed by atoms with E-state index in [9.17, 15) is 4.79 Å². The van der Waals surface area contributed by atoms with Gasteiger partial charge in [-0.1, -0.05) is 0 Å². The zero-order valence-corrected chi connectivity index (χ0v) is 9.26. The summed E-state index contributed by atoms with van der Waals surface area (Å²) in [6.45, 7) is 1.53. The number of aromatic nitrogens is 2. The summed E-state index contributed by atoms with van der Waals surface area (Å²) >= 11 is 0. The quantitative estimate of drug-likeness (QED) is 0.589. The summed E-state index contributed by atoms with van der Waals surface area (Å²) in [7, 11) is 0. The van der Waals surface area contributed by atoms with Crippen molar-refractivity contribution in [3.8, 4) is 0 Å². The highest BCUT2D eigenvalue weighted by molar-refractivity contribution is 5.76. The lowest BCUT2D eigenvalue weighted by molar-refractivity contribution is -0.124. The number of amides is 1. The van der Waals surface area contributed by atoms with Crippen molar-refractivity contribution in [1.29, 1.82) is 0 Å². The molecule has 6 nitrogen and oxygen atoms in total. The van der Waals surface area contributed by atoms with Gasteiger partial charge in [-0.25, -0.2) is 4.98 Å². The van der Waals surface area contributed by atoms with Gasteiger partial charge in [0.15, 0.2) is 0 Å². The van der Waals surface area contributed by atoms with Crippen LogP contribution in [0.4, 0.5) is 0 Å². The average Bonchev–Trinajstić information content (AvgIpc) is 2.79. The molecule has 6 heteroatoms. The number of hydrogen-bond acceptors (Lipinski definition) is 4. The van der Waals surface area contributed by atoms with E-state index in [-0.39, 0.29) is 25.5 Å². The van der Waals surface area contributed by atoms with Gasteiger partial charge in [0.25, 0.3) is 0 Å². The van der Waals surface area contributed by atoms with Crippen molar-refractivity contribution >= 4 is 5.91 Å². The normalized spacial score (nSPS) is 11.4. The van der Waals surface area contributed by atoms with Crippen LogP contribution in [0.25, 0.3) is 0 Å². The number of hydrogen-bond donors (Lipinski definition) is 3. The van der Waals surface area contributed by atoms with Crippen LogP contribution in [0.3, 0.4) is 0 Å². The third-order valence-electron chi connectivity index (χ3n) is 2.30. The van der Waals surface area contributed by atoms with Crippen LogP contribution in [0.2, 0.25) is 0 Å². The molecule has 0 unspecified atom stereocenters. The number of nitrogens with zero attached hydrogens (tertiary/aromatic N) is 2. The van der Waals surface area contributed by atoms with Gasteiger partial charge in [-0.15, -0.1) is 0 Å². The topological polar surface area (TPSA) is 87.4 Å². The van der Waals surface area contributed by atoms with Crippen LogP contribution < -0.4 is 5.32 Å². The van der Waals surface area contributed by atoms with Crippen LogP contribution in [-0.2, 0) is 11.3 Å². The van der Waals surface area contributed by atoms with Crippen molar-refractivity contribution in [2.24, 2.45) is 0 Å². The minimum Gasteiger partial charge on any atom is -0.394 e. The van der Waals surface area contributed by atoms with Gasteiger partial charge in [0.1, 0.15) is 0 Å². The molecule has 0 atom stereocenters. The van der Waals surface area contributed by atoms with Crippen molar-refractivity contribution < 1.29 is 15.0 Å². The molecule has 1 amide bonds. The van der Waals surface area contributed by atoms with E-state index in [1.165, 1.54) is 0 Å². The predicted molar refractivity (Wildman–Crippen MR) is 57.6 cm³/mol. The minimum absolute atomic E-state index is 0.209. The number of nitrogens with one attached hydrogen (secondary N) is 1. The van der Waals surface area contributed by atoms with Crippen molar-refractivity contribution in [3.63, 3.8) is 0 Å². The highest BCUT2D eigenvalue weighted by atomic mass is 16.3. The Morgan fingerprint density at radius 1 is 1.50 bits per heavy atom. The molecule has 0 aliphatic heterocycles. The van der Waals surface area contributed by atoms with Gasteiger partial charge in [0.05, 0.1) is 25.1 Å². The second kappa shape index (κ2) is 5.62. The molecule has 1 aromatic heterocycles. The van der Waals surface area contributed by atoms with Gasteiger partial charge in [0, 0.05) is 25.4 Å². The Morgan fingerprint density at radius 3 is 2.69 bits per heavy atom. The van der Waals surface area contributed by atoms with Crippen molar-refractivity contribution in [2.45, 2.75) is 25.4 Å². The number of aliphatic hydroxyl groups excluding tert-OH is 2. The Bertz CT molecular complexity index is 320. The summed E-state index contributed by atoms with van der Waals surface area (Å²) < 4.78 is 1.79. The van der Waals surface area contributed by atoms with Crippen LogP contribution in [-0.4, -0.2) is 44.4 Å². The second-order valence-electron chi connectivity index (χ2n) is 3.98. The minimum atomic E-state index is -0.952. The van der Waals surface area contributed by atoms with Gasteiger partial charge in [0.2, 0.25) is 5.91 Å². The number of rotatable bonds is 6. The first kappa shape index (κ1) is 12.7. The Kier molecular flexibility index (Phi) is 4.45. The fraction of sp³-hybridized carbons (Fsp3) is 0.600. The summed E-state index contributed by atoms with van der Waals surface area (Å²) in [5, 5.41) is 20.6. The van der Waals surface area contributed by atoms with Crippen molar-refractivity contribution in [3.05, 3.63) is 18.7 Å². The smallest absolute Gasteiger partial charge is 0.222 e. The molecule has 1 heterocycles. The Labute approximate surface area is 93.9 Å². The first-order valence-electron chi connectivity index (χ1n) is 5.08. The van der Waals surface area contributed by atoms with Crippen LogP contribution in [0.5, 0.6) is 0 Å². The molecule has 0 bridgehead atoms. The molecule has 16 heavy (non-hydrogen) atoms. The molecular formula is C10H17N3O3.